The molecule has 0 unspecified atom stereocenters. The van der Waals surface area contributed by atoms with Gasteiger partial charge in [-0.15, -0.1) is 0 Å². The van der Waals surface area contributed by atoms with E-state index in [1.807, 2.05) is 44.2 Å². The molecule has 2 aliphatic heterocycles. The first-order valence-electron chi connectivity index (χ1n) is 10.6. The van der Waals surface area contributed by atoms with E-state index in [1.165, 1.54) is 8.61 Å². The van der Waals surface area contributed by atoms with Gasteiger partial charge in [-0.3, -0.25) is 4.79 Å². The Morgan fingerprint density at radius 2 is 1.81 bits per heavy atom. The molecule has 2 fully saturated rings. The highest BCUT2D eigenvalue weighted by molar-refractivity contribution is 7.86. The van der Waals surface area contributed by atoms with Gasteiger partial charge in [0, 0.05) is 26.2 Å². The van der Waals surface area contributed by atoms with Gasteiger partial charge in [0.05, 0.1) is 18.6 Å². The molecule has 0 radical (unpaired) electrons. The lowest BCUT2D eigenvalue weighted by Crippen LogP contribution is -2.58. The fourth-order valence-electron chi connectivity index (χ4n) is 3.75. The number of esters is 2. The molecule has 0 aromatic heterocycles. The second-order valence-corrected chi connectivity index (χ2v) is 10.3. The van der Waals surface area contributed by atoms with Gasteiger partial charge >= 0.3 is 11.9 Å². The van der Waals surface area contributed by atoms with E-state index in [1.54, 1.807) is 7.05 Å². The average molecular weight is 454 g/mol. The number of ether oxygens (including phenoxy) is 2. The minimum atomic E-state index is -3.67. The predicted octanol–water partition coefficient (Wildman–Crippen LogP) is 0.768. The standard InChI is InChI=1S/C21H31N3O6S/c1-15(2)19(22-3)21(26)30-20(25)17-9-10-23(11-17)31(27,28)24-12-18(13-24)29-14-16-7-5-4-6-8-16/h4-8,15,17-19,22H,9-14H2,1-3H3/t17-,19-/m0/s1. The van der Waals surface area contributed by atoms with Gasteiger partial charge in [-0.1, -0.05) is 44.2 Å². The number of hydrogen-bond acceptors (Lipinski definition) is 7. The molecule has 2 atom stereocenters. The van der Waals surface area contributed by atoms with Crippen LogP contribution in [0.3, 0.4) is 0 Å². The quantitative estimate of drug-likeness (QED) is 0.435. The Balaban J connectivity index is 1.46. The van der Waals surface area contributed by atoms with Crippen LogP contribution in [0.1, 0.15) is 25.8 Å². The van der Waals surface area contributed by atoms with E-state index in [0.717, 1.165) is 5.56 Å². The molecule has 172 valence electrons. The van der Waals surface area contributed by atoms with Gasteiger partial charge in [0.2, 0.25) is 0 Å². The summed E-state index contributed by atoms with van der Waals surface area (Å²) in [6.07, 6.45) is 0.185. The molecule has 2 aliphatic rings. The van der Waals surface area contributed by atoms with Crippen molar-refractivity contribution in [1.29, 1.82) is 0 Å². The lowest BCUT2D eigenvalue weighted by atomic mass is 10.1. The monoisotopic (exact) mass is 453 g/mol. The second kappa shape index (κ2) is 10.2. The van der Waals surface area contributed by atoms with Crippen molar-refractivity contribution in [2.24, 2.45) is 11.8 Å². The summed E-state index contributed by atoms with van der Waals surface area (Å²) in [7, 11) is -2.04. The largest absolute Gasteiger partial charge is 0.392 e. The number of hydrogen-bond donors (Lipinski definition) is 1. The van der Waals surface area contributed by atoms with Crippen molar-refractivity contribution in [2.75, 3.05) is 33.2 Å². The smallest absolute Gasteiger partial charge is 0.331 e. The summed E-state index contributed by atoms with van der Waals surface area (Å²) in [5.74, 6) is -1.98. The van der Waals surface area contributed by atoms with Crippen molar-refractivity contribution in [3.8, 4) is 0 Å². The van der Waals surface area contributed by atoms with E-state index < -0.39 is 34.1 Å². The van der Waals surface area contributed by atoms with Gasteiger partial charge in [-0.2, -0.15) is 17.0 Å². The molecular weight excluding hydrogens is 422 g/mol. The highest BCUT2D eigenvalue weighted by Crippen LogP contribution is 2.27. The van der Waals surface area contributed by atoms with E-state index in [9.17, 15) is 18.0 Å². The second-order valence-electron chi connectivity index (χ2n) is 8.34. The zero-order valence-electron chi connectivity index (χ0n) is 18.2. The van der Waals surface area contributed by atoms with Crippen LogP contribution in [0.15, 0.2) is 30.3 Å². The van der Waals surface area contributed by atoms with Gasteiger partial charge in [-0.05, 0) is 24.9 Å². The minimum absolute atomic E-state index is 0.0202. The Morgan fingerprint density at radius 3 is 2.42 bits per heavy atom. The molecule has 1 aromatic rings. The molecule has 0 aliphatic carbocycles. The Bertz CT molecular complexity index is 870. The van der Waals surface area contributed by atoms with Crippen molar-refractivity contribution in [3.63, 3.8) is 0 Å². The van der Waals surface area contributed by atoms with Gasteiger partial charge in [0.25, 0.3) is 10.2 Å². The Kier molecular flexibility index (Phi) is 7.82. The summed E-state index contributed by atoms with van der Waals surface area (Å²) in [6, 6.07) is 9.13. The average Bonchev–Trinajstić information content (AvgIpc) is 3.19. The van der Waals surface area contributed by atoms with Crippen molar-refractivity contribution in [3.05, 3.63) is 35.9 Å². The third-order valence-corrected chi connectivity index (χ3v) is 7.65. The SMILES string of the molecule is CN[C@H](C(=O)OC(=O)[C@H]1CCN(S(=O)(=O)N2CC(OCc3ccccc3)C2)C1)C(C)C. The molecule has 0 spiro atoms. The molecule has 0 amide bonds. The number of nitrogens with one attached hydrogen (secondary N) is 1. The minimum Gasteiger partial charge on any atom is -0.392 e. The Morgan fingerprint density at radius 1 is 1.13 bits per heavy atom. The van der Waals surface area contributed by atoms with Crippen molar-refractivity contribution in [1.82, 2.24) is 13.9 Å². The summed E-state index contributed by atoms with van der Waals surface area (Å²) < 4.78 is 39.1. The number of carbonyl (C=O) groups excluding carboxylic acids is 2. The lowest BCUT2D eigenvalue weighted by Gasteiger charge is -2.39. The molecule has 1 N–H and O–H groups in total. The first-order valence-corrected chi connectivity index (χ1v) is 12.0. The molecule has 3 rings (SSSR count). The topological polar surface area (TPSA) is 105 Å². The fourth-order valence-corrected chi connectivity index (χ4v) is 5.49. The molecule has 2 saturated heterocycles. The molecule has 0 bridgehead atoms. The first-order chi connectivity index (χ1) is 14.7. The van der Waals surface area contributed by atoms with E-state index in [0.29, 0.717) is 13.0 Å². The number of benzene rings is 1. The number of likely N-dealkylation sites (N-methyl/N-ethyl adjacent to an activating group) is 1. The highest BCUT2D eigenvalue weighted by atomic mass is 32.2. The van der Waals surface area contributed by atoms with Crippen LogP contribution in [-0.4, -0.2) is 74.3 Å². The van der Waals surface area contributed by atoms with Crippen LogP contribution in [0.5, 0.6) is 0 Å². The fraction of sp³-hybridized carbons (Fsp3) is 0.619. The van der Waals surface area contributed by atoms with Gasteiger partial charge in [-0.25, -0.2) is 4.79 Å². The van der Waals surface area contributed by atoms with Crippen LogP contribution in [0.2, 0.25) is 0 Å². The van der Waals surface area contributed by atoms with Crippen LogP contribution in [-0.2, 0) is 35.9 Å². The van der Waals surface area contributed by atoms with Crippen molar-refractivity contribution in [2.45, 2.75) is 39.0 Å². The van der Waals surface area contributed by atoms with Crippen molar-refractivity contribution >= 4 is 22.1 Å². The third kappa shape index (κ3) is 5.69. The van der Waals surface area contributed by atoms with Crippen LogP contribution < -0.4 is 5.32 Å². The molecule has 10 heteroatoms. The Hall–Kier alpha value is -1.85. The van der Waals surface area contributed by atoms with Crippen LogP contribution in [0, 0.1) is 11.8 Å². The van der Waals surface area contributed by atoms with E-state index in [-0.39, 0.29) is 38.2 Å². The number of rotatable bonds is 9. The van der Waals surface area contributed by atoms with Gasteiger partial charge in [0.15, 0.2) is 0 Å². The number of carbonyl (C=O) groups is 2. The zero-order chi connectivity index (χ0) is 22.6. The van der Waals surface area contributed by atoms with E-state index in [4.69, 9.17) is 9.47 Å². The van der Waals surface area contributed by atoms with Crippen LogP contribution >= 0.6 is 0 Å². The normalized spacial score (nSPS) is 21.7. The maximum Gasteiger partial charge on any atom is 0.331 e. The van der Waals surface area contributed by atoms with Gasteiger partial charge < -0.3 is 14.8 Å². The number of nitrogens with zero attached hydrogens (tertiary/aromatic N) is 2. The molecule has 0 saturated carbocycles. The molecular formula is C21H31N3O6S. The maximum atomic E-state index is 12.8. The maximum absolute atomic E-state index is 12.8. The van der Waals surface area contributed by atoms with Crippen molar-refractivity contribution < 1.29 is 27.5 Å². The zero-order valence-corrected chi connectivity index (χ0v) is 19.0. The van der Waals surface area contributed by atoms with Crippen LogP contribution in [0.4, 0.5) is 0 Å². The lowest BCUT2D eigenvalue weighted by molar-refractivity contribution is -0.164. The summed E-state index contributed by atoms with van der Waals surface area (Å²) in [4.78, 5) is 24.5. The first kappa shape index (κ1) is 23.8. The Labute approximate surface area is 183 Å². The van der Waals surface area contributed by atoms with E-state index >= 15 is 0 Å². The summed E-state index contributed by atoms with van der Waals surface area (Å²) in [6.45, 7) is 4.96. The van der Waals surface area contributed by atoms with E-state index in [2.05, 4.69) is 5.32 Å². The molecule has 1 aromatic carbocycles. The summed E-state index contributed by atoms with van der Waals surface area (Å²) in [5, 5.41) is 2.83. The molecule has 9 nitrogen and oxygen atoms in total. The van der Waals surface area contributed by atoms with Gasteiger partial charge in [0.1, 0.15) is 6.04 Å². The molecule has 31 heavy (non-hydrogen) atoms. The highest BCUT2D eigenvalue weighted by Gasteiger charge is 2.44. The summed E-state index contributed by atoms with van der Waals surface area (Å²) >= 11 is 0. The summed E-state index contributed by atoms with van der Waals surface area (Å²) in [5.41, 5.74) is 1.04. The molecule has 2 heterocycles. The third-order valence-electron chi connectivity index (χ3n) is 5.71. The predicted molar refractivity (Wildman–Crippen MR) is 114 cm³/mol. The van der Waals surface area contributed by atoms with Crippen LogP contribution in [0.25, 0.3) is 0 Å².